The molecule has 0 radical (unpaired) electrons. The van der Waals surface area contributed by atoms with Gasteiger partial charge in [0.15, 0.2) is 11.5 Å². The van der Waals surface area contributed by atoms with E-state index in [4.69, 9.17) is 21.1 Å². The lowest BCUT2D eigenvalue weighted by Crippen LogP contribution is -2.03. The maximum absolute atomic E-state index is 11.4. The first kappa shape index (κ1) is 20.0. The van der Waals surface area contributed by atoms with Crippen LogP contribution >= 0.6 is 27.5 Å². The number of benzene rings is 2. The minimum absolute atomic E-state index is 0.370. The Morgan fingerprint density at radius 1 is 1.04 bits per heavy atom. The molecule has 0 saturated carbocycles. The van der Waals surface area contributed by atoms with E-state index < -0.39 is 11.9 Å². The first-order chi connectivity index (χ1) is 13.3. The largest absolute Gasteiger partial charge is 0.425 e. The Labute approximate surface area is 175 Å². The van der Waals surface area contributed by atoms with Gasteiger partial charge in [0.25, 0.3) is 0 Å². The third-order valence-electron chi connectivity index (χ3n) is 3.68. The number of carbonyl (C=O) groups is 2. The van der Waals surface area contributed by atoms with E-state index in [0.29, 0.717) is 37.8 Å². The summed E-state index contributed by atoms with van der Waals surface area (Å²) in [5.41, 5.74) is 1.83. The molecule has 0 bridgehead atoms. The predicted octanol–water partition coefficient (Wildman–Crippen LogP) is 5.67. The van der Waals surface area contributed by atoms with Gasteiger partial charge in [-0.25, -0.2) is 4.98 Å². The third-order valence-corrected chi connectivity index (χ3v) is 4.48. The minimum atomic E-state index is -0.437. The quantitative estimate of drug-likeness (QED) is 0.371. The van der Waals surface area contributed by atoms with Gasteiger partial charge in [0.2, 0.25) is 0 Å². The van der Waals surface area contributed by atoms with Crippen LogP contribution in [0.5, 0.6) is 11.5 Å². The van der Waals surface area contributed by atoms with Crippen molar-refractivity contribution >= 4 is 62.5 Å². The lowest BCUT2D eigenvalue weighted by molar-refractivity contribution is -0.132. The Morgan fingerprint density at radius 3 is 2.50 bits per heavy atom. The van der Waals surface area contributed by atoms with Crippen LogP contribution in [-0.4, -0.2) is 16.9 Å². The van der Waals surface area contributed by atoms with E-state index in [1.54, 1.807) is 36.4 Å². The fourth-order valence-electron chi connectivity index (χ4n) is 2.60. The molecular formula is C21H15BrClNO4. The highest BCUT2D eigenvalue weighted by molar-refractivity contribution is 9.10. The molecule has 142 valence electrons. The highest BCUT2D eigenvalue weighted by Gasteiger charge is 2.11. The summed E-state index contributed by atoms with van der Waals surface area (Å²) < 4.78 is 11.1. The zero-order valence-corrected chi connectivity index (χ0v) is 17.4. The van der Waals surface area contributed by atoms with Crippen LogP contribution in [0.3, 0.4) is 0 Å². The number of hydrogen-bond acceptors (Lipinski definition) is 5. The van der Waals surface area contributed by atoms with Crippen molar-refractivity contribution in [1.29, 1.82) is 0 Å². The van der Waals surface area contributed by atoms with E-state index >= 15 is 0 Å². The van der Waals surface area contributed by atoms with Gasteiger partial charge in [0, 0.05) is 29.8 Å². The van der Waals surface area contributed by atoms with Gasteiger partial charge >= 0.3 is 11.9 Å². The SMILES string of the molecule is CC(=O)Oc1c(Br)cc(Cl)cc1C=Cc1ccc2cccc(OC(C)=O)c2n1. The molecule has 0 aliphatic carbocycles. The van der Waals surface area contributed by atoms with Gasteiger partial charge in [0.1, 0.15) is 5.52 Å². The second-order valence-corrected chi connectivity index (χ2v) is 7.18. The maximum Gasteiger partial charge on any atom is 0.308 e. The van der Waals surface area contributed by atoms with E-state index in [2.05, 4.69) is 20.9 Å². The van der Waals surface area contributed by atoms with Crippen molar-refractivity contribution in [2.24, 2.45) is 0 Å². The molecule has 1 aromatic heterocycles. The number of nitrogens with zero attached hydrogens (tertiary/aromatic N) is 1. The van der Waals surface area contributed by atoms with Crippen molar-refractivity contribution in [2.45, 2.75) is 13.8 Å². The van der Waals surface area contributed by atoms with Crippen LogP contribution in [0, 0.1) is 0 Å². The summed E-state index contributed by atoms with van der Waals surface area (Å²) >= 11 is 9.48. The average Bonchev–Trinajstić information content (AvgIpc) is 2.62. The molecule has 28 heavy (non-hydrogen) atoms. The molecule has 2 aromatic carbocycles. The number of ether oxygens (including phenoxy) is 2. The van der Waals surface area contributed by atoms with Crippen LogP contribution in [0.1, 0.15) is 25.1 Å². The average molecular weight is 461 g/mol. The molecule has 0 N–H and O–H groups in total. The van der Waals surface area contributed by atoms with Crippen LogP contribution in [0.15, 0.2) is 46.9 Å². The highest BCUT2D eigenvalue weighted by atomic mass is 79.9. The van der Waals surface area contributed by atoms with E-state index in [0.717, 1.165) is 5.39 Å². The molecule has 5 nitrogen and oxygen atoms in total. The number of esters is 2. The Kier molecular flexibility index (Phi) is 6.11. The number of fused-ring (bicyclic) bond motifs is 1. The molecule has 0 atom stereocenters. The summed E-state index contributed by atoms with van der Waals surface area (Å²) in [5, 5.41) is 1.34. The van der Waals surface area contributed by atoms with Crippen LogP contribution in [0.2, 0.25) is 5.02 Å². The molecule has 7 heteroatoms. The van der Waals surface area contributed by atoms with Crippen LogP contribution < -0.4 is 9.47 Å². The van der Waals surface area contributed by atoms with Gasteiger partial charge < -0.3 is 9.47 Å². The lowest BCUT2D eigenvalue weighted by Gasteiger charge is -2.09. The number of aromatic nitrogens is 1. The second kappa shape index (κ2) is 8.54. The van der Waals surface area contributed by atoms with Gasteiger partial charge in [-0.1, -0.05) is 29.8 Å². The Bertz CT molecular complexity index is 1110. The molecule has 3 aromatic rings. The highest BCUT2D eigenvalue weighted by Crippen LogP contribution is 2.34. The van der Waals surface area contributed by atoms with Crippen LogP contribution in [0.4, 0.5) is 0 Å². The molecule has 0 amide bonds. The van der Waals surface area contributed by atoms with Crippen molar-refractivity contribution < 1.29 is 19.1 Å². The van der Waals surface area contributed by atoms with Crippen molar-refractivity contribution in [3.63, 3.8) is 0 Å². The fourth-order valence-corrected chi connectivity index (χ4v) is 3.51. The van der Waals surface area contributed by atoms with Gasteiger partial charge in [-0.15, -0.1) is 0 Å². The summed E-state index contributed by atoms with van der Waals surface area (Å²) in [6.07, 6.45) is 3.51. The Morgan fingerprint density at radius 2 is 1.79 bits per heavy atom. The van der Waals surface area contributed by atoms with E-state index in [-0.39, 0.29) is 0 Å². The van der Waals surface area contributed by atoms with E-state index in [1.807, 2.05) is 18.2 Å². The van der Waals surface area contributed by atoms with E-state index in [1.165, 1.54) is 13.8 Å². The predicted molar refractivity (Wildman–Crippen MR) is 112 cm³/mol. The zero-order valence-electron chi connectivity index (χ0n) is 15.0. The van der Waals surface area contributed by atoms with Crippen molar-refractivity contribution in [1.82, 2.24) is 4.98 Å². The molecular weight excluding hydrogens is 446 g/mol. The van der Waals surface area contributed by atoms with Gasteiger partial charge in [-0.05, 0) is 52.3 Å². The second-order valence-electron chi connectivity index (χ2n) is 5.89. The summed E-state index contributed by atoms with van der Waals surface area (Å²) in [5.74, 6) is -0.0848. The van der Waals surface area contributed by atoms with Crippen molar-refractivity contribution in [2.75, 3.05) is 0 Å². The topological polar surface area (TPSA) is 65.5 Å². The molecule has 1 heterocycles. The van der Waals surface area contributed by atoms with Gasteiger partial charge in [-0.2, -0.15) is 0 Å². The summed E-state index contributed by atoms with van der Waals surface area (Å²) in [4.78, 5) is 27.3. The number of halogens is 2. The smallest absolute Gasteiger partial charge is 0.308 e. The van der Waals surface area contributed by atoms with Gasteiger partial charge in [-0.3, -0.25) is 9.59 Å². The Hall–Kier alpha value is -2.70. The first-order valence-electron chi connectivity index (χ1n) is 8.27. The number of para-hydroxylation sites is 1. The summed E-state index contributed by atoms with van der Waals surface area (Å²) in [6, 6.07) is 12.4. The number of pyridine rings is 1. The van der Waals surface area contributed by atoms with Crippen molar-refractivity contribution in [3.05, 3.63) is 63.2 Å². The Balaban J connectivity index is 2.02. The van der Waals surface area contributed by atoms with Crippen molar-refractivity contribution in [3.8, 4) is 11.5 Å². The number of rotatable bonds is 4. The molecule has 0 fully saturated rings. The molecule has 3 rings (SSSR count). The molecule has 0 unspecified atom stereocenters. The lowest BCUT2D eigenvalue weighted by atomic mass is 10.1. The fraction of sp³-hybridized carbons (Fsp3) is 0.0952. The van der Waals surface area contributed by atoms with E-state index in [9.17, 15) is 9.59 Å². The maximum atomic E-state index is 11.4. The third kappa shape index (κ3) is 4.77. The zero-order chi connectivity index (χ0) is 20.3. The molecule has 0 aliphatic rings. The normalized spacial score (nSPS) is 11.0. The van der Waals surface area contributed by atoms with Crippen LogP contribution in [0.25, 0.3) is 23.1 Å². The standard InChI is InChI=1S/C21H15BrClNO4/c1-12(25)27-19-5-3-4-14-6-8-17(24-20(14)19)9-7-15-10-16(23)11-18(22)21(15)28-13(2)26/h3-11H,1-2H3. The molecule has 0 saturated heterocycles. The van der Waals surface area contributed by atoms with Gasteiger partial charge in [0.05, 0.1) is 10.2 Å². The monoisotopic (exact) mass is 459 g/mol. The number of carbonyl (C=O) groups excluding carboxylic acids is 2. The first-order valence-corrected chi connectivity index (χ1v) is 9.44. The molecule has 0 spiro atoms. The summed E-state index contributed by atoms with van der Waals surface area (Å²) in [7, 11) is 0. The minimum Gasteiger partial charge on any atom is -0.425 e. The number of hydrogen-bond donors (Lipinski definition) is 0. The molecule has 0 aliphatic heterocycles. The van der Waals surface area contributed by atoms with Crippen LogP contribution in [-0.2, 0) is 9.59 Å². The summed E-state index contributed by atoms with van der Waals surface area (Å²) in [6.45, 7) is 2.67.